The number of ether oxygens (including phenoxy) is 1. The highest BCUT2D eigenvalue weighted by Gasteiger charge is 2.06. The lowest BCUT2D eigenvalue weighted by Crippen LogP contribution is -2.30. The standard InChI is InChI=1S/C11H14BrFN2O2/c1-17-5-4-14-7-11(16)15-10-6-8(12)2-3-9(10)13/h2-3,6,14H,4-5,7H2,1H3,(H,15,16). The van der Waals surface area contributed by atoms with Gasteiger partial charge in [-0.05, 0) is 18.2 Å². The van der Waals surface area contributed by atoms with Crippen LogP contribution in [0.15, 0.2) is 22.7 Å². The largest absolute Gasteiger partial charge is 0.383 e. The molecule has 0 aromatic heterocycles. The molecule has 1 aromatic carbocycles. The van der Waals surface area contributed by atoms with Crippen LogP contribution in [0.1, 0.15) is 0 Å². The molecule has 0 bridgehead atoms. The minimum absolute atomic E-state index is 0.120. The highest BCUT2D eigenvalue weighted by atomic mass is 79.9. The molecule has 4 nitrogen and oxygen atoms in total. The summed E-state index contributed by atoms with van der Waals surface area (Å²) in [6.07, 6.45) is 0. The average Bonchev–Trinajstić information content (AvgIpc) is 2.29. The molecular formula is C11H14BrFN2O2. The van der Waals surface area contributed by atoms with E-state index >= 15 is 0 Å². The van der Waals surface area contributed by atoms with Crippen LogP contribution in [0, 0.1) is 5.82 Å². The van der Waals surface area contributed by atoms with Crippen molar-refractivity contribution in [3.8, 4) is 0 Å². The minimum Gasteiger partial charge on any atom is -0.383 e. The summed E-state index contributed by atoms with van der Waals surface area (Å²) in [4.78, 5) is 11.4. The monoisotopic (exact) mass is 304 g/mol. The Morgan fingerprint density at radius 1 is 1.53 bits per heavy atom. The zero-order valence-corrected chi connectivity index (χ0v) is 11.0. The molecule has 0 aliphatic carbocycles. The number of benzene rings is 1. The molecule has 2 N–H and O–H groups in total. The van der Waals surface area contributed by atoms with Gasteiger partial charge in [-0.1, -0.05) is 15.9 Å². The molecule has 0 spiro atoms. The van der Waals surface area contributed by atoms with Gasteiger partial charge in [0.25, 0.3) is 0 Å². The van der Waals surface area contributed by atoms with Gasteiger partial charge < -0.3 is 15.4 Å². The maximum Gasteiger partial charge on any atom is 0.238 e. The second-order valence-electron chi connectivity index (χ2n) is 3.34. The summed E-state index contributed by atoms with van der Waals surface area (Å²) >= 11 is 3.21. The van der Waals surface area contributed by atoms with Crippen molar-refractivity contribution in [1.29, 1.82) is 0 Å². The molecule has 0 saturated heterocycles. The van der Waals surface area contributed by atoms with Gasteiger partial charge in [-0.25, -0.2) is 4.39 Å². The second-order valence-corrected chi connectivity index (χ2v) is 4.26. The highest BCUT2D eigenvalue weighted by molar-refractivity contribution is 9.10. The summed E-state index contributed by atoms with van der Waals surface area (Å²) in [6.45, 7) is 1.22. The zero-order chi connectivity index (χ0) is 12.7. The SMILES string of the molecule is COCCNCC(=O)Nc1cc(Br)ccc1F. The van der Waals surface area contributed by atoms with E-state index in [1.54, 1.807) is 13.2 Å². The normalized spacial score (nSPS) is 10.3. The van der Waals surface area contributed by atoms with Gasteiger partial charge in [-0.2, -0.15) is 0 Å². The molecule has 0 radical (unpaired) electrons. The van der Waals surface area contributed by atoms with Gasteiger partial charge in [0.2, 0.25) is 5.91 Å². The smallest absolute Gasteiger partial charge is 0.238 e. The summed E-state index contributed by atoms with van der Waals surface area (Å²) in [5, 5.41) is 5.35. The molecule has 94 valence electrons. The van der Waals surface area contributed by atoms with Crippen molar-refractivity contribution in [2.24, 2.45) is 0 Å². The van der Waals surface area contributed by atoms with Gasteiger partial charge in [-0.3, -0.25) is 4.79 Å². The van der Waals surface area contributed by atoms with Crippen LogP contribution in [-0.4, -0.2) is 32.7 Å². The quantitative estimate of drug-likeness (QED) is 0.788. The number of carbonyl (C=O) groups excluding carboxylic acids is 1. The van der Waals surface area contributed by atoms with Crippen LogP contribution in [0.3, 0.4) is 0 Å². The first-order chi connectivity index (χ1) is 8.13. The number of halogens is 2. The van der Waals surface area contributed by atoms with Crippen molar-refractivity contribution >= 4 is 27.5 Å². The maximum absolute atomic E-state index is 13.3. The number of rotatable bonds is 6. The van der Waals surface area contributed by atoms with Gasteiger partial charge in [0.05, 0.1) is 18.8 Å². The predicted molar refractivity (Wildman–Crippen MR) is 67.5 cm³/mol. The Morgan fingerprint density at radius 2 is 2.29 bits per heavy atom. The Labute approximate surface area is 108 Å². The molecule has 1 rings (SSSR count). The van der Waals surface area contributed by atoms with E-state index in [1.165, 1.54) is 12.1 Å². The third kappa shape index (κ3) is 5.25. The molecule has 1 amide bonds. The van der Waals surface area contributed by atoms with Crippen LogP contribution in [0.25, 0.3) is 0 Å². The van der Waals surface area contributed by atoms with E-state index in [4.69, 9.17) is 4.74 Å². The number of methoxy groups -OCH3 is 1. The van der Waals surface area contributed by atoms with Crippen molar-refractivity contribution in [3.63, 3.8) is 0 Å². The Kier molecular flexibility index (Phi) is 6.10. The van der Waals surface area contributed by atoms with Crippen LogP contribution < -0.4 is 10.6 Å². The fourth-order valence-corrected chi connectivity index (χ4v) is 1.52. The van der Waals surface area contributed by atoms with Gasteiger partial charge in [0.1, 0.15) is 5.82 Å². The Morgan fingerprint density at radius 3 is 3.00 bits per heavy atom. The lowest BCUT2D eigenvalue weighted by atomic mass is 10.3. The minimum atomic E-state index is -0.460. The maximum atomic E-state index is 13.3. The van der Waals surface area contributed by atoms with E-state index in [-0.39, 0.29) is 18.1 Å². The Bertz CT molecular complexity index is 388. The average molecular weight is 305 g/mol. The highest BCUT2D eigenvalue weighted by Crippen LogP contribution is 2.19. The number of carbonyl (C=O) groups is 1. The van der Waals surface area contributed by atoms with Gasteiger partial charge >= 0.3 is 0 Å². The number of hydrogen-bond acceptors (Lipinski definition) is 3. The second kappa shape index (κ2) is 7.37. The van der Waals surface area contributed by atoms with Crippen molar-refractivity contribution in [2.75, 3.05) is 32.1 Å². The van der Waals surface area contributed by atoms with E-state index < -0.39 is 5.82 Å². The van der Waals surface area contributed by atoms with E-state index in [0.29, 0.717) is 17.6 Å². The van der Waals surface area contributed by atoms with Crippen molar-refractivity contribution < 1.29 is 13.9 Å². The lowest BCUT2D eigenvalue weighted by Gasteiger charge is -2.07. The first kappa shape index (κ1) is 14.1. The van der Waals surface area contributed by atoms with Crippen LogP contribution in [-0.2, 0) is 9.53 Å². The van der Waals surface area contributed by atoms with Crippen LogP contribution in [0.5, 0.6) is 0 Å². The molecule has 0 heterocycles. The fraction of sp³-hybridized carbons (Fsp3) is 0.364. The van der Waals surface area contributed by atoms with E-state index in [0.717, 1.165) is 0 Å². The molecule has 1 aromatic rings. The van der Waals surface area contributed by atoms with Crippen LogP contribution >= 0.6 is 15.9 Å². The topological polar surface area (TPSA) is 50.4 Å². The fourth-order valence-electron chi connectivity index (χ4n) is 1.16. The molecule has 0 aliphatic heterocycles. The summed E-state index contributed by atoms with van der Waals surface area (Å²) < 4.78 is 18.8. The summed E-state index contributed by atoms with van der Waals surface area (Å²) in [5.74, 6) is -0.753. The summed E-state index contributed by atoms with van der Waals surface area (Å²) in [5.41, 5.74) is 0.165. The Hall–Kier alpha value is -0.980. The predicted octanol–water partition coefficient (Wildman–Crippen LogP) is 1.76. The number of hydrogen-bond donors (Lipinski definition) is 2. The molecule has 0 atom stereocenters. The van der Waals surface area contributed by atoms with Crippen molar-refractivity contribution in [1.82, 2.24) is 5.32 Å². The number of anilines is 1. The summed E-state index contributed by atoms with van der Waals surface area (Å²) in [6, 6.07) is 4.38. The third-order valence-electron chi connectivity index (χ3n) is 1.97. The zero-order valence-electron chi connectivity index (χ0n) is 9.43. The molecular weight excluding hydrogens is 291 g/mol. The van der Waals surface area contributed by atoms with E-state index in [9.17, 15) is 9.18 Å². The molecule has 0 fully saturated rings. The molecule has 17 heavy (non-hydrogen) atoms. The van der Waals surface area contributed by atoms with E-state index in [1.807, 2.05) is 0 Å². The van der Waals surface area contributed by atoms with Crippen molar-refractivity contribution in [2.45, 2.75) is 0 Å². The van der Waals surface area contributed by atoms with E-state index in [2.05, 4.69) is 26.6 Å². The molecule has 0 aliphatic rings. The van der Waals surface area contributed by atoms with Gasteiger partial charge in [0.15, 0.2) is 0 Å². The van der Waals surface area contributed by atoms with Crippen LogP contribution in [0.4, 0.5) is 10.1 Å². The molecule has 6 heteroatoms. The molecule has 0 unspecified atom stereocenters. The molecule has 0 saturated carbocycles. The first-order valence-corrected chi connectivity index (χ1v) is 5.87. The Balaban J connectivity index is 2.42. The third-order valence-corrected chi connectivity index (χ3v) is 2.46. The van der Waals surface area contributed by atoms with Crippen LogP contribution in [0.2, 0.25) is 0 Å². The van der Waals surface area contributed by atoms with Gasteiger partial charge in [0, 0.05) is 18.1 Å². The number of amides is 1. The summed E-state index contributed by atoms with van der Waals surface area (Å²) in [7, 11) is 1.58. The first-order valence-electron chi connectivity index (χ1n) is 5.08. The lowest BCUT2D eigenvalue weighted by molar-refractivity contribution is -0.115. The van der Waals surface area contributed by atoms with Gasteiger partial charge in [-0.15, -0.1) is 0 Å². The van der Waals surface area contributed by atoms with Crippen molar-refractivity contribution in [3.05, 3.63) is 28.5 Å². The number of nitrogens with one attached hydrogen (secondary N) is 2.